The molecule has 0 saturated heterocycles. The molecule has 0 saturated carbocycles. The third kappa shape index (κ3) is 3.44. The highest BCUT2D eigenvalue weighted by molar-refractivity contribution is 6.33. The molecule has 0 amide bonds. The second kappa shape index (κ2) is 6.92. The van der Waals surface area contributed by atoms with Gasteiger partial charge in [0.05, 0.1) is 17.0 Å². The van der Waals surface area contributed by atoms with Crippen LogP contribution in [0.25, 0.3) is 16.8 Å². The van der Waals surface area contributed by atoms with Crippen LogP contribution in [0, 0.1) is 5.82 Å². The first kappa shape index (κ1) is 20.4. The van der Waals surface area contributed by atoms with Gasteiger partial charge in [0.15, 0.2) is 0 Å². The Kier molecular flexibility index (Phi) is 4.87. The molecule has 0 aliphatic rings. The molecule has 12 heteroatoms. The molecule has 152 valence electrons. The maximum Gasteiger partial charge on any atom is 0.431 e. The van der Waals surface area contributed by atoms with Crippen LogP contribution in [0.15, 0.2) is 44.5 Å². The predicted octanol–water partition coefficient (Wildman–Crippen LogP) is 3.31. The number of hydrogen-bond acceptors (Lipinski definition) is 4. The molecule has 29 heavy (non-hydrogen) atoms. The molecule has 0 bridgehead atoms. The number of nitrogens with zero attached hydrogens (tertiary/aromatic N) is 2. The van der Waals surface area contributed by atoms with E-state index in [9.17, 15) is 31.9 Å². The number of carbonyl (C=O) groups is 1. The lowest BCUT2D eigenvalue weighted by molar-refractivity contribution is -0.144. The molecule has 0 spiro atoms. The van der Waals surface area contributed by atoms with Crippen molar-refractivity contribution in [3.8, 4) is 16.8 Å². The van der Waals surface area contributed by atoms with Crippen LogP contribution in [0.5, 0.6) is 0 Å². The standard InChI is InChI=1S/C17H9ClF4N2O5/c1-23-12(17(20,21)22)6-13(25)24(16(23)28)11-4-8(9(18)5-10(11)19)7-2-3-29-14(7)15(26)27/h2-6H,1H3,(H,26,27). The maximum absolute atomic E-state index is 14.5. The van der Waals surface area contributed by atoms with Gasteiger partial charge in [0.2, 0.25) is 5.76 Å². The smallest absolute Gasteiger partial charge is 0.431 e. The summed E-state index contributed by atoms with van der Waals surface area (Å²) in [6.45, 7) is 0. The van der Waals surface area contributed by atoms with Gasteiger partial charge in [-0.15, -0.1) is 0 Å². The molecule has 0 radical (unpaired) electrons. The Morgan fingerprint density at radius 1 is 1.17 bits per heavy atom. The van der Waals surface area contributed by atoms with Crippen LogP contribution >= 0.6 is 11.6 Å². The van der Waals surface area contributed by atoms with Gasteiger partial charge in [-0.3, -0.25) is 9.36 Å². The third-order valence-corrected chi connectivity index (χ3v) is 4.35. The van der Waals surface area contributed by atoms with E-state index in [0.717, 1.165) is 19.4 Å². The fourth-order valence-electron chi connectivity index (χ4n) is 2.72. The van der Waals surface area contributed by atoms with E-state index >= 15 is 0 Å². The number of alkyl halides is 3. The SMILES string of the molecule is Cn1c(C(F)(F)F)cc(=O)n(-c2cc(-c3ccoc3C(=O)O)c(Cl)cc2F)c1=O. The molecule has 0 aliphatic heterocycles. The first-order valence-electron chi connectivity index (χ1n) is 7.64. The summed E-state index contributed by atoms with van der Waals surface area (Å²) in [6, 6.07) is 2.94. The van der Waals surface area contributed by atoms with E-state index in [1.165, 1.54) is 6.07 Å². The Bertz CT molecular complexity index is 1260. The van der Waals surface area contributed by atoms with Gasteiger partial charge in [0, 0.05) is 24.2 Å². The Labute approximate surface area is 163 Å². The molecule has 7 nitrogen and oxygen atoms in total. The zero-order chi connectivity index (χ0) is 21.7. The number of hydrogen-bond donors (Lipinski definition) is 1. The van der Waals surface area contributed by atoms with Crippen molar-refractivity contribution in [2.75, 3.05) is 0 Å². The van der Waals surface area contributed by atoms with E-state index in [0.29, 0.717) is 6.07 Å². The molecule has 0 atom stereocenters. The van der Waals surface area contributed by atoms with E-state index in [-0.39, 0.29) is 31.4 Å². The zero-order valence-electron chi connectivity index (χ0n) is 14.3. The van der Waals surface area contributed by atoms with Crippen LogP contribution in [-0.4, -0.2) is 20.2 Å². The predicted molar refractivity (Wildman–Crippen MR) is 91.9 cm³/mol. The number of rotatable bonds is 3. The van der Waals surface area contributed by atoms with Crippen molar-refractivity contribution in [3.63, 3.8) is 0 Å². The second-order valence-corrected chi connectivity index (χ2v) is 6.20. The molecular weight excluding hydrogens is 424 g/mol. The van der Waals surface area contributed by atoms with E-state index in [2.05, 4.69) is 0 Å². The molecule has 3 aromatic rings. The van der Waals surface area contributed by atoms with E-state index in [4.69, 9.17) is 21.1 Å². The molecule has 1 N–H and O–H groups in total. The van der Waals surface area contributed by atoms with Gasteiger partial charge < -0.3 is 9.52 Å². The number of aromatic nitrogens is 2. The summed E-state index contributed by atoms with van der Waals surface area (Å²) in [4.78, 5) is 35.8. The van der Waals surface area contributed by atoms with Gasteiger partial charge in [-0.05, 0) is 18.2 Å². The van der Waals surface area contributed by atoms with Gasteiger partial charge in [-0.25, -0.2) is 18.5 Å². The van der Waals surface area contributed by atoms with Crippen molar-refractivity contribution in [2.24, 2.45) is 7.05 Å². The highest BCUT2D eigenvalue weighted by atomic mass is 35.5. The highest BCUT2D eigenvalue weighted by Crippen LogP contribution is 2.34. The minimum absolute atomic E-state index is 0.0828. The van der Waals surface area contributed by atoms with Crippen LogP contribution < -0.4 is 11.2 Å². The summed E-state index contributed by atoms with van der Waals surface area (Å²) in [5.74, 6) is -3.19. The van der Waals surface area contributed by atoms with Crippen LogP contribution in [0.3, 0.4) is 0 Å². The van der Waals surface area contributed by atoms with Crippen LogP contribution in [0.4, 0.5) is 17.6 Å². The summed E-state index contributed by atoms with van der Waals surface area (Å²) < 4.78 is 58.6. The summed E-state index contributed by atoms with van der Waals surface area (Å²) >= 11 is 5.96. The van der Waals surface area contributed by atoms with Crippen LogP contribution in [0.1, 0.15) is 16.2 Å². The lowest BCUT2D eigenvalue weighted by Gasteiger charge is -2.15. The summed E-state index contributed by atoms with van der Waals surface area (Å²) in [6.07, 6.45) is -3.95. The first-order valence-corrected chi connectivity index (χ1v) is 8.02. The molecule has 2 aromatic heterocycles. The van der Waals surface area contributed by atoms with Crippen LogP contribution in [-0.2, 0) is 13.2 Å². The minimum atomic E-state index is -4.98. The molecular formula is C17H9ClF4N2O5. The fraction of sp³-hybridized carbons (Fsp3) is 0.118. The Morgan fingerprint density at radius 3 is 2.41 bits per heavy atom. The molecule has 1 aromatic carbocycles. The summed E-state index contributed by atoms with van der Waals surface area (Å²) in [7, 11) is 0.772. The normalized spacial score (nSPS) is 11.7. The Hall–Kier alpha value is -3.34. The third-order valence-electron chi connectivity index (χ3n) is 4.04. The van der Waals surface area contributed by atoms with Gasteiger partial charge >= 0.3 is 17.8 Å². The maximum atomic E-state index is 14.5. The molecule has 0 unspecified atom stereocenters. The van der Waals surface area contributed by atoms with E-state index < -0.39 is 46.4 Å². The average molecular weight is 433 g/mol. The number of carboxylic acids is 1. The number of aromatic carboxylic acids is 1. The molecule has 3 rings (SSSR count). The van der Waals surface area contributed by atoms with Crippen molar-refractivity contribution in [3.05, 3.63) is 73.7 Å². The van der Waals surface area contributed by atoms with Crippen LogP contribution in [0.2, 0.25) is 5.02 Å². The summed E-state index contributed by atoms with van der Waals surface area (Å²) in [5, 5.41) is 8.88. The van der Waals surface area contributed by atoms with E-state index in [1.54, 1.807) is 0 Å². The number of benzene rings is 1. The van der Waals surface area contributed by atoms with Crippen molar-refractivity contribution >= 4 is 17.6 Å². The lowest BCUT2D eigenvalue weighted by atomic mass is 10.0. The van der Waals surface area contributed by atoms with E-state index in [1.807, 2.05) is 0 Å². The Balaban J connectivity index is 2.33. The zero-order valence-corrected chi connectivity index (χ0v) is 15.0. The van der Waals surface area contributed by atoms with Crippen molar-refractivity contribution in [2.45, 2.75) is 6.18 Å². The molecule has 0 aliphatic carbocycles. The Morgan fingerprint density at radius 2 is 1.83 bits per heavy atom. The number of carboxylic acid groups (broad SMARTS) is 1. The topological polar surface area (TPSA) is 94.4 Å². The number of halogens is 5. The van der Waals surface area contributed by atoms with Crippen molar-refractivity contribution in [1.29, 1.82) is 0 Å². The number of furan rings is 1. The molecule has 2 heterocycles. The monoisotopic (exact) mass is 432 g/mol. The molecule has 0 fully saturated rings. The van der Waals surface area contributed by atoms with Crippen molar-refractivity contribution < 1.29 is 31.9 Å². The van der Waals surface area contributed by atoms with Gasteiger partial charge in [0.25, 0.3) is 5.56 Å². The quantitative estimate of drug-likeness (QED) is 0.641. The summed E-state index contributed by atoms with van der Waals surface area (Å²) in [5.41, 5.74) is -5.30. The second-order valence-electron chi connectivity index (χ2n) is 5.79. The van der Waals surface area contributed by atoms with Gasteiger partial charge in [0.1, 0.15) is 11.5 Å². The first-order chi connectivity index (χ1) is 13.4. The fourth-order valence-corrected chi connectivity index (χ4v) is 2.97. The highest BCUT2D eigenvalue weighted by Gasteiger charge is 2.35. The van der Waals surface area contributed by atoms with Gasteiger partial charge in [-0.2, -0.15) is 13.2 Å². The van der Waals surface area contributed by atoms with Gasteiger partial charge in [-0.1, -0.05) is 11.6 Å². The average Bonchev–Trinajstić information content (AvgIpc) is 3.08. The minimum Gasteiger partial charge on any atom is -0.475 e. The van der Waals surface area contributed by atoms with Crippen molar-refractivity contribution in [1.82, 2.24) is 9.13 Å². The lowest BCUT2D eigenvalue weighted by Crippen LogP contribution is -2.41. The largest absolute Gasteiger partial charge is 0.475 e.